The Hall–Kier alpha value is -3.94. The van der Waals surface area contributed by atoms with Gasteiger partial charge in [0, 0.05) is 22.6 Å². The molecule has 19 heteroatoms. The fourth-order valence-corrected chi connectivity index (χ4v) is 7.92. The van der Waals surface area contributed by atoms with E-state index in [0.29, 0.717) is 17.4 Å². The molecule has 2 amide bonds. The normalized spacial score (nSPS) is 18.7. The number of carbonyl (C=O) groups excluding carboxylic acids is 2. The van der Waals surface area contributed by atoms with Gasteiger partial charge >= 0.3 is 5.97 Å². The summed E-state index contributed by atoms with van der Waals surface area (Å²) < 4.78 is 53.9. The van der Waals surface area contributed by atoms with Crippen LogP contribution in [-0.4, -0.2) is 62.5 Å². The second-order valence-electron chi connectivity index (χ2n) is 8.50. The van der Waals surface area contributed by atoms with Gasteiger partial charge in [-0.25, -0.2) is 27.3 Å². The molecule has 0 aliphatic carbocycles. The van der Waals surface area contributed by atoms with E-state index in [1.807, 2.05) is 0 Å². The van der Waals surface area contributed by atoms with Crippen LogP contribution in [0.2, 0.25) is 0 Å². The number of nitrogens with two attached hydrogens (primary N) is 1. The average molecular weight is 674 g/mol. The first-order valence-corrected chi connectivity index (χ1v) is 15.3. The number of carbonyl (C=O) groups is 3. The van der Waals surface area contributed by atoms with Crippen molar-refractivity contribution in [1.29, 1.82) is 0 Å². The molecule has 2 aliphatic heterocycles. The second-order valence-corrected chi connectivity index (χ2v) is 12.8. The molecule has 43 heavy (non-hydrogen) atoms. The summed E-state index contributed by atoms with van der Waals surface area (Å²) in [5.41, 5.74) is 4.29. The Balaban J connectivity index is 1.34. The van der Waals surface area contributed by atoms with E-state index in [9.17, 15) is 41.8 Å². The van der Waals surface area contributed by atoms with Crippen LogP contribution < -0.4 is 16.5 Å². The van der Waals surface area contributed by atoms with Crippen LogP contribution in [0, 0.1) is 17.5 Å². The fraction of sp³-hybridized carbons (Fsp3) is 0.167. The van der Waals surface area contributed by atoms with Crippen LogP contribution in [-0.2, 0) is 19.2 Å². The van der Waals surface area contributed by atoms with E-state index < -0.39 is 64.7 Å². The van der Waals surface area contributed by atoms with Gasteiger partial charge in [-0.3, -0.25) is 19.3 Å². The highest BCUT2D eigenvalue weighted by molar-refractivity contribution is 8.04. The van der Waals surface area contributed by atoms with Crippen molar-refractivity contribution < 1.29 is 41.9 Å². The number of carboxylic acid groups (broad SMARTS) is 1. The lowest BCUT2D eigenvalue weighted by Crippen LogP contribution is -2.71. The van der Waals surface area contributed by atoms with E-state index in [0.717, 1.165) is 45.8 Å². The van der Waals surface area contributed by atoms with Crippen LogP contribution in [0.4, 0.5) is 22.7 Å². The van der Waals surface area contributed by atoms with Crippen molar-refractivity contribution in [3.63, 3.8) is 0 Å². The third kappa shape index (κ3) is 5.84. The molecule has 0 spiro atoms. The van der Waals surface area contributed by atoms with E-state index in [2.05, 4.69) is 20.3 Å². The van der Waals surface area contributed by atoms with Crippen molar-refractivity contribution in [2.45, 2.75) is 15.6 Å². The zero-order valence-corrected chi connectivity index (χ0v) is 24.3. The molecule has 1 aromatic carbocycles. The molecule has 4 N–H and O–H groups in total. The molecule has 2 atom stereocenters. The van der Waals surface area contributed by atoms with Crippen molar-refractivity contribution in [3.05, 3.63) is 73.6 Å². The minimum absolute atomic E-state index is 0.0131. The minimum atomic E-state index is -1.70. The number of carboxylic acids is 1. The summed E-state index contributed by atoms with van der Waals surface area (Å²) >= 11 is 3.75. The number of aromatic nitrogens is 1. The molecule has 1 unspecified atom stereocenters. The molecule has 2 aromatic heterocycles. The number of oxime groups is 1. The number of nitrogen functional groups attached to an aromatic ring is 1. The van der Waals surface area contributed by atoms with Gasteiger partial charge in [-0.2, -0.15) is 0 Å². The maximum atomic E-state index is 14.2. The van der Waals surface area contributed by atoms with E-state index >= 15 is 0 Å². The number of allylic oxidation sites excluding steroid dienone is 1. The SMILES string of the molecule is Nc1nc(C(=NOCF)C(=O)NC2C(=O)N3C(C(=O)O)=C(C=CSc4cc(=O)c5cc(F)c(F)c(F)c5s4)CS[C@@H]23)cs1. The molecule has 224 valence electrons. The predicted octanol–water partition coefficient (Wildman–Crippen LogP) is 3.41. The number of hydrogen-bond donors (Lipinski definition) is 3. The Morgan fingerprint density at radius 2 is 2.05 bits per heavy atom. The lowest BCUT2D eigenvalue weighted by molar-refractivity contribution is -0.150. The van der Waals surface area contributed by atoms with Gasteiger partial charge in [-0.15, -0.1) is 34.4 Å². The van der Waals surface area contributed by atoms with E-state index in [1.165, 1.54) is 16.9 Å². The van der Waals surface area contributed by atoms with Crippen LogP contribution in [0.15, 0.2) is 54.4 Å². The Morgan fingerprint density at radius 1 is 1.28 bits per heavy atom. The number of β-lactam (4-membered cyclic amide) rings is 1. The number of rotatable bonds is 9. The largest absolute Gasteiger partial charge is 0.477 e. The van der Waals surface area contributed by atoms with Crippen molar-refractivity contribution >= 4 is 84.9 Å². The predicted molar refractivity (Wildman–Crippen MR) is 153 cm³/mol. The summed E-state index contributed by atoms with van der Waals surface area (Å²) in [7, 11) is 0. The highest BCUT2D eigenvalue weighted by atomic mass is 32.2. The number of amides is 2. The molecule has 2 aliphatic rings. The number of benzene rings is 1. The molecule has 4 heterocycles. The number of hydrogen-bond acceptors (Lipinski definition) is 12. The number of halogens is 4. The van der Waals surface area contributed by atoms with Crippen LogP contribution >= 0.6 is 46.2 Å². The van der Waals surface area contributed by atoms with Crippen LogP contribution in [0.25, 0.3) is 10.1 Å². The molecular weight excluding hydrogens is 659 g/mol. The van der Waals surface area contributed by atoms with Gasteiger partial charge < -0.3 is 21.0 Å². The van der Waals surface area contributed by atoms with Gasteiger partial charge in [0.2, 0.25) is 0 Å². The second kappa shape index (κ2) is 12.3. The minimum Gasteiger partial charge on any atom is -0.477 e. The van der Waals surface area contributed by atoms with Crippen LogP contribution in [0.3, 0.4) is 0 Å². The van der Waals surface area contributed by atoms with E-state index in [1.54, 1.807) is 0 Å². The number of thioether (sulfide) groups is 2. The first kappa shape index (κ1) is 30.5. The number of thiazole rings is 1. The first-order valence-electron chi connectivity index (χ1n) is 11.7. The Morgan fingerprint density at radius 3 is 2.72 bits per heavy atom. The number of nitrogens with one attached hydrogen (secondary N) is 1. The quantitative estimate of drug-likeness (QED) is 0.0766. The summed E-state index contributed by atoms with van der Waals surface area (Å²) in [5, 5.41) is 17.5. The lowest BCUT2D eigenvalue weighted by atomic mass is 10.0. The average Bonchev–Trinajstić information content (AvgIpc) is 3.40. The zero-order valence-electron chi connectivity index (χ0n) is 21.0. The molecule has 3 aromatic rings. The summed E-state index contributed by atoms with van der Waals surface area (Å²) in [6, 6.07) is 0.587. The topological polar surface area (TPSA) is 164 Å². The molecule has 1 saturated heterocycles. The zero-order chi connectivity index (χ0) is 31.0. The fourth-order valence-electron chi connectivity index (χ4n) is 4.09. The molecular formula is C24H15F4N5O6S4. The standard InChI is InChI=1S/C24H15F4N5O6S4/c25-7-39-32-16(11-6-42-24(29)30-11)20(35)31-17-21(36)33-18(23(37)38)8(5-41-22(17)33)1-2-40-13-4-12(34)9-3-10(26)14(27)15(28)19(9)43-13/h1-4,6,17,22H,5,7H2,(H2,29,30)(H,31,35)(H,37,38)/t17?,22-/m0/s1. The molecule has 5 rings (SSSR count). The van der Waals surface area contributed by atoms with Crippen molar-refractivity contribution in [3.8, 4) is 0 Å². The Kier molecular flexibility index (Phi) is 8.76. The summed E-state index contributed by atoms with van der Waals surface area (Å²) in [4.78, 5) is 59.6. The molecule has 11 nitrogen and oxygen atoms in total. The van der Waals surface area contributed by atoms with Crippen molar-refractivity contribution in [2.75, 3.05) is 18.3 Å². The highest BCUT2D eigenvalue weighted by Crippen LogP contribution is 2.41. The number of fused-ring (bicyclic) bond motifs is 2. The third-order valence-corrected chi connectivity index (χ3v) is 10.0. The van der Waals surface area contributed by atoms with Crippen LogP contribution in [0.1, 0.15) is 5.69 Å². The van der Waals surface area contributed by atoms with Crippen molar-refractivity contribution in [1.82, 2.24) is 15.2 Å². The summed E-state index contributed by atoms with van der Waals surface area (Å²) in [6.07, 6.45) is 1.39. The van der Waals surface area contributed by atoms with E-state index in [-0.39, 0.29) is 42.1 Å². The van der Waals surface area contributed by atoms with Gasteiger partial charge in [0.25, 0.3) is 18.7 Å². The smallest absolute Gasteiger partial charge is 0.352 e. The molecule has 0 radical (unpaired) electrons. The maximum absolute atomic E-state index is 14.2. The van der Waals surface area contributed by atoms with Gasteiger partial charge in [0.1, 0.15) is 22.8 Å². The Labute approximate surface area is 254 Å². The van der Waals surface area contributed by atoms with E-state index in [4.69, 9.17) is 5.73 Å². The van der Waals surface area contributed by atoms with Gasteiger partial charge in [0.15, 0.2) is 33.7 Å². The van der Waals surface area contributed by atoms with Gasteiger partial charge in [-0.1, -0.05) is 16.9 Å². The first-order chi connectivity index (χ1) is 20.5. The molecule has 0 saturated carbocycles. The van der Waals surface area contributed by atoms with Crippen LogP contribution in [0.5, 0.6) is 0 Å². The monoisotopic (exact) mass is 673 g/mol. The number of anilines is 1. The summed E-state index contributed by atoms with van der Waals surface area (Å²) in [6.45, 7) is -1.33. The third-order valence-electron chi connectivity index (χ3n) is 5.96. The van der Waals surface area contributed by atoms with Crippen molar-refractivity contribution in [2.24, 2.45) is 5.16 Å². The number of alkyl halides is 1. The van der Waals surface area contributed by atoms with Gasteiger partial charge in [-0.05, 0) is 23.1 Å². The maximum Gasteiger partial charge on any atom is 0.352 e. The van der Waals surface area contributed by atoms with Gasteiger partial charge in [0.05, 0.1) is 8.91 Å². The molecule has 0 bridgehead atoms. The number of aliphatic carboxylic acids is 1. The lowest BCUT2D eigenvalue weighted by Gasteiger charge is -2.49. The molecule has 1 fully saturated rings. The highest BCUT2D eigenvalue weighted by Gasteiger charge is 2.54. The number of nitrogens with zero attached hydrogens (tertiary/aromatic N) is 3. The summed E-state index contributed by atoms with van der Waals surface area (Å²) in [5.74, 6) is -7.65. The Bertz CT molecular complexity index is 1830.